The highest BCUT2D eigenvalue weighted by Gasteiger charge is 2.60. The number of rotatable bonds is 2. The van der Waals surface area contributed by atoms with E-state index in [1.165, 1.54) is 38.5 Å². The van der Waals surface area contributed by atoms with Crippen molar-refractivity contribution in [2.24, 2.45) is 16.7 Å². The van der Waals surface area contributed by atoms with Crippen molar-refractivity contribution >= 4 is 17.3 Å². The van der Waals surface area contributed by atoms with Crippen molar-refractivity contribution in [3.05, 3.63) is 12.1 Å². The van der Waals surface area contributed by atoms with Gasteiger partial charge in [-0.2, -0.15) is 0 Å². The maximum absolute atomic E-state index is 5.86. The van der Waals surface area contributed by atoms with Crippen molar-refractivity contribution in [1.82, 2.24) is 4.98 Å². The summed E-state index contributed by atoms with van der Waals surface area (Å²) in [6.07, 6.45) is 8.00. The fraction of sp³-hybridized carbons (Fsp3) is 0.706. The Hall–Kier alpha value is -1.45. The van der Waals surface area contributed by atoms with Crippen LogP contribution in [0.4, 0.5) is 17.3 Å². The number of pyridine rings is 1. The van der Waals surface area contributed by atoms with Crippen molar-refractivity contribution in [2.75, 3.05) is 16.8 Å². The van der Waals surface area contributed by atoms with Crippen LogP contribution in [0.15, 0.2) is 12.1 Å². The first-order chi connectivity index (χ1) is 9.79. The largest absolute Gasteiger partial charge is 0.396 e. The van der Waals surface area contributed by atoms with Crippen molar-refractivity contribution in [3.63, 3.8) is 0 Å². The number of nitrogen functional groups attached to an aromatic ring is 2. The van der Waals surface area contributed by atoms with Crippen molar-refractivity contribution in [3.8, 4) is 0 Å². The summed E-state index contributed by atoms with van der Waals surface area (Å²) < 4.78 is 0. The summed E-state index contributed by atoms with van der Waals surface area (Å²) in [6, 6.07) is 3.82. The van der Waals surface area contributed by atoms with Crippen LogP contribution in [0.1, 0.15) is 52.4 Å². The van der Waals surface area contributed by atoms with Crippen LogP contribution in [-0.2, 0) is 0 Å². The molecule has 0 aromatic carbocycles. The van der Waals surface area contributed by atoms with Crippen LogP contribution < -0.4 is 16.8 Å². The molecule has 1 heterocycles. The lowest BCUT2D eigenvalue weighted by Crippen LogP contribution is -2.61. The summed E-state index contributed by atoms with van der Waals surface area (Å²) in [5, 5.41) is 3.76. The summed E-state index contributed by atoms with van der Waals surface area (Å²) in [4.78, 5) is 4.44. The molecule has 4 aliphatic rings. The molecule has 4 bridgehead atoms. The molecule has 114 valence electrons. The second-order valence-corrected chi connectivity index (χ2v) is 8.71. The van der Waals surface area contributed by atoms with Crippen LogP contribution in [0.5, 0.6) is 0 Å². The first kappa shape index (κ1) is 13.2. The van der Waals surface area contributed by atoms with E-state index >= 15 is 0 Å². The lowest BCUT2D eigenvalue weighted by Gasteiger charge is -2.65. The molecule has 2 atom stereocenters. The molecule has 0 aliphatic heterocycles. The van der Waals surface area contributed by atoms with Crippen LogP contribution in [0.2, 0.25) is 0 Å². The maximum atomic E-state index is 5.86. The first-order valence-electron chi connectivity index (χ1n) is 8.09. The van der Waals surface area contributed by atoms with Gasteiger partial charge >= 0.3 is 0 Å². The van der Waals surface area contributed by atoms with Crippen LogP contribution in [-0.4, -0.2) is 10.5 Å². The van der Waals surface area contributed by atoms with Gasteiger partial charge in [-0.3, -0.25) is 0 Å². The van der Waals surface area contributed by atoms with E-state index in [1.54, 1.807) is 0 Å². The molecule has 4 aliphatic carbocycles. The molecular formula is C17H26N4. The van der Waals surface area contributed by atoms with E-state index in [-0.39, 0.29) is 5.54 Å². The lowest BCUT2D eigenvalue weighted by atomic mass is 9.43. The highest BCUT2D eigenvalue weighted by Crippen LogP contribution is 2.66. The number of hydrogen-bond donors (Lipinski definition) is 3. The van der Waals surface area contributed by atoms with Gasteiger partial charge in [-0.25, -0.2) is 4.98 Å². The van der Waals surface area contributed by atoms with Gasteiger partial charge in [0.2, 0.25) is 0 Å². The molecular weight excluding hydrogens is 260 g/mol. The predicted octanol–water partition coefficient (Wildman–Crippen LogP) is 3.41. The van der Waals surface area contributed by atoms with E-state index in [9.17, 15) is 0 Å². The van der Waals surface area contributed by atoms with E-state index in [0.29, 0.717) is 22.3 Å². The van der Waals surface area contributed by atoms with Crippen molar-refractivity contribution < 1.29 is 0 Å². The lowest BCUT2D eigenvalue weighted by molar-refractivity contribution is -0.0973. The van der Waals surface area contributed by atoms with Gasteiger partial charge in [0, 0.05) is 5.54 Å². The minimum absolute atomic E-state index is 0.207. The zero-order chi connectivity index (χ0) is 14.9. The summed E-state index contributed by atoms with van der Waals surface area (Å²) in [6.45, 7) is 4.97. The predicted molar refractivity (Wildman–Crippen MR) is 86.8 cm³/mol. The average molecular weight is 286 g/mol. The van der Waals surface area contributed by atoms with Crippen LogP contribution in [0.25, 0.3) is 0 Å². The standard InChI is InChI=1S/C17H26N4/c1-15-5-11-6-16(2,8-15)10-17(7-11,9-15)21-13-4-3-12(18)14(19)20-13/h3-4,11H,5-10,18H2,1-2H3,(H3,19,20,21). The Morgan fingerprint density at radius 2 is 1.71 bits per heavy atom. The van der Waals surface area contributed by atoms with Gasteiger partial charge in [-0.05, 0) is 67.4 Å². The topological polar surface area (TPSA) is 77.0 Å². The van der Waals surface area contributed by atoms with Gasteiger partial charge in [0.1, 0.15) is 11.6 Å². The summed E-state index contributed by atoms with van der Waals surface area (Å²) in [7, 11) is 0. The third-order valence-corrected chi connectivity index (χ3v) is 5.98. The van der Waals surface area contributed by atoms with Gasteiger partial charge in [0.05, 0.1) is 5.69 Å². The molecule has 5 N–H and O–H groups in total. The fourth-order valence-corrected chi connectivity index (χ4v) is 6.41. The van der Waals surface area contributed by atoms with E-state index in [0.717, 1.165) is 11.7 Å². The number of aromatic nitrogens is 1. The Morgan fingerprint density at radius 3 is 2.29 bits per heavy atom. The third-order valence-electron chi connectivity index (χ3n) is 5.98. The molecule has 4 nitrogen and oxygen atoms in total. The number of nitrogens with zero attached hydrogens (tertiary/aromatic N) is 1. The van der Waals surface area contributed by atoms with E-state index < -0.39 is 0 Å². The molecule has 21 heavy (non-hydrogen) atoms. The fourth-order valence-electron chi connectivity index (χ4n) is 6.41. The van der Waals surface area contributed by atoms with Crippen molar-refractivity contribution in [1.29, 1.82) is 0 Å². The van der Waals surface area contributed by atoms with Crippen LogP contribution in [0.3, 0.4) is 0 Å². The smallest absolute Gasteiger partial charge is 0.149 e. The van der Waals surface area contributed by atoms with E-state index in [4.69, 9.17) is 11.5 Å². The SMILES string of the molecule is CC12CC3CC(C)(C1)CC(Nc1ccc(N)c(N)n1)(C3)C2. The minimum Gasteiger partial charge on any atom is -0.396 e. The Kier molecular flexibility index (Phi) is 2.42. The van der Waals surface area contributed by atoms with Gasteiger partial charge in [0.25, 0.3) is 0 Å². The van der Waals surface area contributed by atoms with Crippen molar-refractivity contribution in [2.45, 2.75) is 57.9 Å². The molecule has 0 saturated heterocycles. The summed E-state index contributed by atoms with van der Waals surface area (Å²) >= 11 is 0. The van der Waals surface area contributed by atoms with Gasteiger partial charge in [0.15, 0.2) is 0 Å². The monoisotopic (exact) mass is 286 g/mol. The van der Waals surface area contributed by atoms with E-state index in [2.05, 4.69) is 24.1 Å². The zero-order valence-electron chi connectivity index (χ0n) is 13.1. The molecule has 0 spiro atoms. The van der Waals surface area contributed by atoms with Gasteiger partial charge in [-0.15, -0.1) is 0 Å². The number of nitrogens with two attached hydrogens (primary N) is 2. The molecule has 0 amide bonds. The molecule has 1 aromatic heterocycles. The van der Waals surface area contributed by atoms with Gasteiger partial charge < -0.3 is 16.8 Å². The molecule has 4 fully saturated rings. The van der Waals surface area contributed by atoms with Crippen LogP contribution >= 0.6 is 0 Å². The van der Waals surface area contributed by atoms with E-state index in [1.807, 2.05) is 12.1 Å². The average Bonchev–Trinajstić information content (AvgIpc) is 2.28. The Labute approximate surface area is 126 Å². The Balaban J connectivity index is 1.66. The molecule has 1 aromatic rings. The minimum atomic E-state index is 0.207. The molecule has 0 radical (unpaired) electrons. The first-order valence-corrected chi connectivity index (χ1v) is 8.09. The summed E-state index contributed by atoms with van der Waals surface area (Å²) in [5.41, 5.74) is 13.4. The van der Waals surface area contributed by atoms with Gasteiger partial charge in [-0.1, -0.05) is 13.8 Å². The Morgan fingerprint density at radius 1 is 1.05 bits per heavy atom. The maximum Gasteiger partial charge on any atom is 0.149 e. The quantitative estimate of drug-likeness (QED) is 0.778. The van der Waals surface area contributed by atoms with Crippen LogP contribution in [0, 0.1) is 16.7 Å². The molecule has 4 saturated carbocycles. The third kappa shape index (κ3) is 2.07. The normalized spacial score (nSPS) is 44.0. The Bertz CT molecular complexity index is 578. The summed E-state index contributed by atoms with van der Waals surface area (Å²) in [5.74, 6) is 2.19. The molecule has 4 heteroatoms. The second kappa shape index (κ2) is 3.84. The second-order valence-electron chi connectivity index (χ2n) is 8.71. The number of hydrogen-bond acceptors (Lipinski definition) is 4. The highest BCUT2D eigenvalue weighted by atomic mass is 15.1. The number of nitrogens with one attached hydrogen (secondary N) is 1. The zero-order valence-corrected chi connectivity index (χ0v) is 13.1. The molecule has 2 unspecified atom stereocenters. The number of anilines is 3. The highest BCUT2D eigenvalue weighted by molar-refractivity contribution is 5.62. The molecule has 5 rings (SSSR count).